The van der Waals surface area contributed by atoms with E-state index < -0.39 is 11.9 Å². The molecule has 1 aromatic carbocycles. The van der Waals surface area contributed by atoms with Gasteiger partial charge in [-0.05, 0) is 11.5 Å². The van der Waals surface area contributed by atoms with Gasteiger partial charge in [-0.25, -0.2) is 4.79 Å². The molecule has 0 unspecified atom stereocenters. The minimum atomic E-state index is -1.10. The van der Waals surface area contributed by atoms with Crippen LogP contribution in [-0.4, -0.2) is 17.0 Å². The molecule has 0 aliphatic rings. The third-order valence-electron chi connectivity index (χ3n) is 2.30. The van der Waals surface area contributed by atoms with Crippen molar-refractivity contribution in [2.45, 2.75) is 33.1 Å². The summed E-state index contributed by atoms with van der Waals surface area (Å²) in [5, 5.41) is 9.08. The molecule has 0 aliphatic carbocycles. The molecule has 0 radical (unpaired) electrons. The second-order valence-corrected chi connectivity index (χ2v) is 4.83. The van der Waals surface area contributed by atoms with E-state index in [4.69, 9.17) is 9.84 Å². The largest absolute Gasteiger partial charge is 0.478 e. The first kappa shape index (κ1) is 13.2. The van der Waals surface area contributed by atoms with E-state index in [1.54, 1.807) is 12.1 Å². The monoisotopic (exact) mass is 236 g/mol. The normalized spacial score (nSPS) is 11.1. The van der Waals surface area contributed by atoms with Crippen molar-refractivity contribution < 1.29 is 19.4 Å². The molecule has 0 spiro atoms. The van der Waals surface area contributed by atoms with Gasteiger partial charge in [0.15, 0.2) is 0 Å². The highest BCUT2D eigenvalue weighted by Crippen LogP contribution is 2.34. The summed E-state index contributed by atoms with van der Waals surface area (Å²) in [4.78, 5) is 22.1. The van der Waals surface area contributed by atoms with Gasteiger partial charge in [-0.2, -0.15) is 0 Å². The number of rotatable bonds is 2. The topological polar surface area (TPSA) is 63.6 Å². The van der Waals surface area contributed by atoms with Crippen molar-refractivity contribution in [3.63, 3.8) is 0 Å². The molecule has 17 heavy (non-hydrogen) atoms. The van der Waals surface area contributed by atoms with E-state index in [-0.39, 0.29) is 16.7 Å². The number of carbonyl (C=O) groups excluding carboxylic acids is 1. The van der Waals surface area contributed by atoms with Gasteiger partial charge < -0.3 is 9.84 Å². The van der Waals surface area contributed by atoms with Gasteiger partial charge in [-0.1, -0.05) is 32.9 Å². The Kier molecular flexibility index (Phi) is 3.56. The van der Waals surface area contributed by atoms with Gasteiger partial charge in [0.25, 0.3) is 0 Å². The number of hydrogen-bond acceptors (Lipinski definition) is 3. The molecule has 92 valence electrons. The maximum atomic E-state index is 11.1. The molecular formula is C13H16O4. The lowest BCUT2D eigenvalue weighted by Gasteiger charge is -2.22. The van der Waals surface area contributed by atoms with E-state index in [2.05, 4.69) is 0 Å². The van der Waals surface area contributed by atoms with Crippen molar-refractivity contribution >= 4 is 11.9 Å². The number of para-hydroxylation sites is 1. The smallest absolute Gasteiger partial charge is 0.339 e. The summed E-state index contributed by atoms with van der Waals surface area (Å²) >= 11 is 0. The molecule has 4 heteroatoms. The molecule has 1 rings (SSSR count). The predicted octanol–water partition coefficient (Wildman–Crippen LogP) is 2.61. The summed E-state index contributed by atoms with van der Waals surface area (Å²) in [7, 11) is 0. The standard InChI is InChI=1S/C13H16O4/c1-8(14)17-11-9(12(15)16)6-5-7-10(11)13(2,3)4/h5-7H,1-4H3,(H,15,16). The van der Waals surface area contributed by atoms with E-state index in [1.807, 2.05) is 20.8 Å². The third-order valence-corrected chi connectivity index (χ3v) is 2.30. The predicted molar refractivity (Wildman–Crippen MR) is 63.4 cm³/mol. The van der Waals surface area contributed by atoms with Crippen molar-refractivity contribution in [3.8, 4) is 5.75 Å². The molecule has 0 bridgehead atoms. The number of esters is 1. The zero-order chi connectivity index (χ0) is 13.2. The number of hydrogen-bond donors (Lipinski definition) is 1. The number of ether oxygens (including phenoxy) is 1. The van der Waals surface area contributed by atoms with Gasteiger partial charge in [0.2, 0.25) is 0 Å². The zero-order valence-corrected chi connectivity index (χ0v) is 10.4. The molecule has 0 aliphatic heterocycles. The van der Waals surface area contributed by atoms with Gasteiger partial charge in [-0.3, -0.25) is 4.79 Å². The summed E-state index contributed by atoms with van der Waals surface area (Å²) in [5.41, 5.74) is 0.413. The van der Waals surface area contributed by atoms with Gasteiger partial charge in [-0.15, -0.1) is 0 Å². The van der Waals surface area contributed by atoms with E-state index in [0.29, 0.717) is 5.56 Å². The summed E-state index contributed by atoms with van der Waals surface area (Å²) < 4.78 is 5.04. The number of carboxylic acids is 1. The van der Waals surface area contributed by atoms with Crippen LogP contribution in [-0.2, 0) is 10.2 Å². The van der Waals surface area contributed by atoms with Crippen LogP contribution < -0.4 is 4.74 Å². The Bertz CT molecular complexity index is 455. The first-order valence-corrected chi connectivity index (χ1v) is 5.28. The molecule has 0 saturated heterocycles. The number of benzene rings is 1. The molecule has 0 atom stereocenters. The van der Waals surface area contributed by atoms with E-state index in [0.717, 1.165) is 0 Å². The minimum Gasteiger partial charge on any atom is -0.478 e. The lowest BCUT2D eigenvalue weighted by molar-refractivity contribution is -0.131. The van der Waals surface area contributed by atoms with Crippen LogP contribution in [0.4, 0.5) is 0 Å². The Hall–Kier alpha value is -1.84. The summed E-state index contributed by atoms with van der Waals surface area (Å²) in [6.45, 7) is 7.05. The fourth-order valence-electron chi connectivity index (χ4n) is 1.55. The summed E-state index contributed by atoms with van der Waals surface area (Å²) in [6, 6.07) is 4.84. The molecule has 0 saturated carbocycles. The highest BCUT2D eigenvalue weighted by atomic mass is 16.5. The Labute approximate surface area is 100 Å². The number of carbonyl (C=O) groups is 2. The average molecular weight is 236 g/mol. The molecule has 4 nitrogen and oxygen atoms in total. The Balaban J connectivity index is 3.45. The second-order valence-electron chi connectivity index (χ2n) is 4.83. The lowest BCUT2D eigenvalue weighted by Crippen LogP contribution is -2.17. The fourth-order valence-corrected chi connectivity index (χ4v) is 1.55. The second kappa shape index (κ2) is 4.57. The average Bonchev–Trinajstić information content (AvgIpc) is 2.14. The Morgan fingerprint density at radius 3 is 2.24 bits per heavy atom. The van der Waals surface area contributed by atoms with Gasteiger partial charge in [0, 0.05) is 12.5 Å². The first-order chi connectivity index (χ1) is 7.73. The van der Waals surface area contributed by atoms with E-state index in [9.17, 15) is 9.59 Å². The van der Waals surface area contributed by atoms with Gasteiger partial charge in [0.05, 0.1) is 0 Å². The number of carboxylic acid groups (broad SMARTS) is 1. The lowest BCUT2D eigenvalue weighted by atomic mass is 9.85. The van der Waals surface area contributed by atoms with Crippen LogP contribution in [0, 0.1) is 0 Å². The van der Waals surface area contributed by atoms with Crippen LogP contribution >= 0.6 is 0 Å². The van der Waals surface area contributed by atoms with Crippen molar-refractivity contribution in [2.24, 2.45) is 0 Å². The summed E-state index contributed by atoms with van der Waals surface area (Å²) in [6.07, 6.45) is 0. The van der Waals surface area contributed by atoms with Crippen molar-refractivity contribution in [1.29, 1.82) is 0 Å². The minimum absolute atomic E-state index is 0.00706. The Morgan fingerprint density at radius 1 is 1.24 bits per heavy atom. The van der Waals surface area contributed by atoms with Crippen LogP contribution in [0.25, 0.3) is 0 Å². The molecule has 1 aromatic rings. The van der Waals surface area contributed by atoms with Crippen LogP contribution in [0.15, 0.2) is 18.2 Å². The fraction of sp³-hybridized carbons (Fsp3) is 0.385. The zero-order valence-electron chi connectivity index (χ0n) is 10.4. The molecule has 0 aromatic heterocycles. The molecule has 0 fully saturated rings. The first-order valence-electron chi connectivity index (χ1n) is 5.28. The quantitative estimate of drug-likeness (QED) is 0.633. The molecule has 0 amide bonds. The van der Waals surface area contributed by atoms with Crippen LogP contribution in [0.1, 0.15) is 43.6 Å². The third kappa shape index (κ3) is 3.06. The number of aromatic carboxylic acids is 1. The van der Waals surface area contributed by atoms with Gasteiger partial charge >= 0.3 is 11.9 Å². The maximum Gasteiger partial charge on any atom is 0.339 e. The van der Waals surface area contributed by atoms with Crippen molar-refractivity contribution in [2.75, 3.05) is 0 Å². The van der Waals surface area contributed by atoms with Crippen molar-refractivity contribution in [1.82, 2.24) is 0 Å². The SMILES string of the molecule is CC(=O)Oc1c(C(=O)O)cccc1C(C)(C)C. The van der Waals surface area contributed by atoms with E-state index >= 15 is 0 Å². The van der Waals surface area contributed by atoms with E-state index in [1.165, 1.54) is 13.0 Å². The Morgan fingerprint density at radius 2 is 1.82 bits per heavy atom. The molecular weight excluding hydrogens is 220 g/mol. The highest BCUT2D eigenvalue weighted by Gasteiger charge is 2.24. The van der Waals surface area contributed by atoms with Crippen LogP contribution in [0.3, 0.4) is 0 Å². The maximum absolute atomic E-state index is 11.1. The molecule has 1 N–H and O–H groups in total. The highest BCUT2D eigenvalue weighted by molar-refractivity contribution is 5.92. The van der Waals surface area contributed by atoms with Crippen LogP contribution in [0.2, 0.25) is 0 Å². The summed E-state index contributed by atoms with van der Waals surface area (Å²) in [5.74, 6) is -1.49. The van der Waals surface area contributed by atoms with Gasteiger partial charge in [0.1, 0.15) is 11.3 Å². The van der Waals surface area contributed by atoms with Crippen LogP contribution in [0.5, 0.6) is 5.75 Å². The van der Waals surface area contributed by atoms with Crippen molar-refractivity contribution in [3.05, 3.63) is 29.3 Å². The molecule has 0 heterocycles.